The second kappa shape index (κ2) is 7.01. The maximum atomic E-state index is 13.7. The smallest absolute Gasteiger partial charge is 0.192 e. The molecule has 1 atom stereocenters. The molecule has 1 aliphatic heterocycles. The maximum absolute atomic E-state index is 13.7. The summed E-state index contributed by atoms with van der Waals surface area (Å²) >= 11 is 0. The fourth-order valence-corrected chi connectivity index (χ4v) is 5.45. The second-order valence-corrected chi connectivity index (χ2v) is 9.57. The molecule has 158 valence electrons. The number of ketones is 2. The summed E-state index contributed by atoms with van der Waals surface area (Å²) in [5, 5.41) is 0. The highest BCUT2D eigenvalue weighted by Crippen LogP contribution is 2.55. The Morgan fingerprint density at radius 1 is 0.968 bits per heavy atom. The van der Waals surface area contributed by atoms with Crippen molar-refractivity contribution < 1.29 is 14.0 Å². The predicted molar refractivity (Wildman–Crippen MR) is 119 cm³/mol. The van der Waals surface area contributed by atoms with Gasteiger partial charge in [0.15, 0.2) is 11.6 Å². The lowest BCUT2D eigenvalue weighted by molar-refractivity contribution is -0.118. The van der Waals surface area contributed by atoms with Gasteiger partial charge in [-0.3, -0.25) is 9.59 Å². The first kappa shape index (κ1) is 19.9. The molecule has 2 aromatic rings. The van der Waals surface area contributed by atoms with Crippen LogP contribution in [0.15, 0.2) is 65.4 Å². The summed E-state index contributed by atoms with van der Waals surface area (Å²) in [7, 11) is 0. The lowest BCUT2D eigenvalue weighted by Crippen LogP contribution is -2.39. The molecule has 0 unspecified atom stereocenters. The van der Waals surface area contributed by atoms with E-state index in [0.29, 0.717) is 17.6 Å². The van der Waals surface area contributed by atoms with Gasteiger partial charge in [0.25, 0.3) is 0 Å². The van der Waals surface area contributed by atoms with E-state index in [-0.39, 0.29) is 22.8 Å². The molecule has 0 spiro atoms. The molecule has 0 aromatic heterocycles. The molecule has 2 aliphatic carbocycles. The van der Waals surface area contributed by atoms with Crippen LogP contribution in [0.2, 0.25) is 0 Å². The largest absolute Gasteiger partial charge is 0.344 e. The normalized spacial score (nSPS) is 21.9. The van der Waals surface area contributed by atoms with E-state index in [1.165, 1.54) is 12.1 Å². The van der Waals surface area contributed by atoms with Crippen molar-refractivity contribution >= 4 is 17.3 Å². The zero-order valence-electron chi connectivity index (χ0n) is 18.2. The summed E-state index contributed by atoms with van der Waals surface area (Å²) in [4.78, 5) is 29.4. The molecule has 0 fully saturated rings. The number of carbonyl (C=O) groups is 2. The van der Waals surface area contributed by atoms with Crippen molar-refractivity contribution in [2.24, 2.45) is 5.41 Å². The van der Waals surface area contributed by atoms with Crippen LogP contribution < -0.4 is 0 Å². The van der Waals surface area contributed by atoms with Crippen molar-refractivity contribution in [2.45, 2.75) is 46.0 Å². The van der Waals surface area contributed by atoms with Crippen LogP contribution in [0.25, 0.3) is 5.70 Å². The van der Waals surface area contributed by atoms with E-state index in [2.05, 4.69) is 25.7 Å². The van der Waals surface area contributed by atoms with Gasteiger partial charge in [0.2, 0.25) is 0 Å². The molecule has 3 nitrogen and oxygen atoms in total. The molecule has 31 heavy (non-hydrogen) atoms. The number of allylic oxidation sites excluding steroid dienone is 3. The molecule has 1 heterocycles. The van der Waals surface area contributed by atoms with E-state index < -0.39 is 5.92 Å². The van der Waals surface area contributed by atoms with Gasteiger partial charge in [0.1, 0.15) is 5.82 Å². The Morgan fingerprint density at radius 2 is 1.65 bits per heavy atom. The third kappa shape index (κ3) is 3.00. The van der Waals surface area contributed by atoms with Crippen LogP contribution in [0.4, 0.5) is 4.39 Å². The standard InChI is InChI=1S/C27H26FNO2/c1-4-13-29-20-14-27(2,3)15-21(30)23(20)22(16-9-11-17(28)12-10-16)24-25(29)18-7-5-6-8-19(18)26(24)31/h5-12,22H,4,13-15H2,1-3H3/t22-/m0/s1. The van der Waals surface area contributed by atoms with Gasteiger partial charge >= 0.3 is 0 Å². The first-order valence-corrected chi connectivity index (χ1v) is 11.0. The lowest BCUT2D eigenvalue weighted by Gasteiger charge is -2.44. The van der Waals surface area contributed by atoms with Crippen LogP contribution in [-0.2, 0) is 4.79 Å². The summed E-state index contributed by atoms with van der Waals surface area (Å²) in [6, 6.07) is 14.0. The monoisotopic (exact) mass is 415 g/mol. The summed E-state index contributed by atoms with van der Waals surface area (Å²) in [5.74, 6) is -0.711. The Morgan fingerprint density at radius 3 is 2.32 bits per heavy atom. The summed E-state index contributed by atoms with van der Waals surface area (Å²) < 4.78 is 13.7. The molecular formula is C27H26FNO2. The Hall–Kier alpha value is -3.01. The highest BCUT2D eigenvalue weighted by atomic mass is 19.1. The number of hydrogen-bond acceptors (Lipinski definition) is 3. The average Bonchev–Trinajstić information content (AvgIpc) is 3.02. The fraction of sp³-hybridized carbons (Fsp3) is 0.333. The third-order valence-corrected chi connectivity index (χ3v) is 6.65. The molecule has 3 aliphatic rings. The van der Waals surface area contributed by atoms with Crippen LogP contribution in [0.3, 0.4) is 0 Å². The molecule has 0 bridgehead atoms. The van der Waals surface area contributed by atoms with Crippen molar-refractivity contribution in [3.63, 3.8) is 0 Å². The second-order valence-electron chi connectivity index (χ2n) is 9.57. The van der Waals surface area contributed by atoms with Gasteiger partial charge < -0.3 is 4.90 Å². The van der Waals surface area contributed by atoms with Gasteiger partial charge in [-0.05, 0) is 36.0 Å². The van der Waals surface area contributed by atoms with E-state index >= 15 is 0 Å². The van der Waals surface area contributed by atoms with Crippen molar-refractivity contribution in [1.29, 1.82) is 0 Å². The van der Waals surface area contributed by atoms with E-state index in [0.717, 1.165) is 47.5 Å². The zero-order valence-corrected chi connectivity index (χ0v) is 18.2. The molecule has 5 rings (SSSR count). The molecule has 0 saturated carbocycles. The molecule has 0 amide bonds. The fourth-order valence-electron chi connectivity index (χ4n) is 5.45. The first-order chi connectivity index (χ1) is 14.8. The van der Waals surface area contributed by atoms with Crippen LogP contribution >= 0.6 is 0 Å². The van der Waals surface area contributed by atoms with Gasteiger partial charge in [-0.1, -0.05) is 57.2 Å². The summed E-state index contributed by atoms with van der Waals surface area (Å²) in [6.45, 7) is 7.12. The maximum Gasteiger partial charge on any atom is 0.192 e. The SMILES string of the molecule is CCCN1C2=C(C(=O)CC(C)(C)C2)[C@H](c2ccc(F)cc2)C2=C1c1ccccc1C2=O. The number of hydrogen-bond donors (Lipinski definition) is 0. The topological polar surface area (TPSA) is 37.4 Å². The number of halogens is 1. The van der Waals surface area contributed by atoms with Crippen molar-refractivity contribution in [3.05, 3.63) is 87.9 Å². The lowest BCUT2D eigenvalue weighted by atomic mass is 9.68. The number of carbonyl (C=O) groups excluding carboxylic acids is 2. The van der Waals surface area contributed by atoms with Gasteiger partial charge in [-0.25, -0.2) is 4.39 Å². The molecule has 2 aromatic carbocycles. The number of fused-ring (bicyclic) bond motifs is 2. The van der Waals surface area contributed by atoms with Crippen molar-refractivity contribution in [3.8, 4) is 0 Å². The van der Waals surface area contributed by atoms with Crippen LogP contribution in [0, 0.1) is 11.2 Å². The van der Waals surface area contributed by atoms with Crippen molar-refractivity contribution in [2.75, 3.05) is 6.54 Å². The Bertz CT molecular complexity index is 1170. The highest BCUT2D eigenvalue weighted by Gasteiger charge is 2.48. The molecule has 0 radical (unpaired) electrons. The number of rotatable bonds is 3. The van der Waals surface area contributed by atoms with Crippen LogP contribution in [0.1, 0.15) is 67.4 Å². The minimum absolute atomic E-state index is 0.0230. The summed E-state index contributed by atoms with van der Waals surface area (Å²) in [6.07, 6.45) is 2.13. The minimum Gasteiger partial charge on any atom is -0.344 e. The van der Waals surface area contributed by atoms with Gasteiger partial charge in [-0.2, -0.15) is 0 Å². The molecule has 0 saturated heterocycles. The molecular weight excluding hydrogens is 389 g/mol. The number of Topliss-reactive ketones (excluding diaryl/α,β-unsaturated/α-hetero) is 2. The Labute approximate surface area is 182 Å². The van der Waals surface area contributed by atoms with Crippen LogP contribution in [0.5, 0.6) is 0 Å². The van der Waals surface area contributed by atoms with E-state index in [4.69, 9.17) is 0 Å². The Kier molecular flexibility index (Phi) is 4.51. The van der Waals surface area contributed by atoms with E-state index in [1.807, 2.05) is 24.3 Å². The third-order valence-electron chi connectivity index (χ3n) is 6.65. The average molecular weight is 416 g/mol. The Balaban J connectivity index is 1.81. The van der Waals surface area contributed by atoms with Crippen LogP contribution in [-0.4, -0.2) is 23.0 Å². The van der Waals surface area contributed by atoms with Gasteiger partial charge in [0, 0.05) is 46.9 Å². The molecule has 0 N–H and O–H groups in total. The van der Waals surface area contributed by atoms with E-state index in [1.54, 1.807) is 12.1 Å². The van der Waals surface area contributed by atoms with Gasteiger partial charge in [0.05, 0.1) is 5.70 Å². The first-order valence-electron chi connectivity index (χ1n) is 11.0. The molecule has 4 heteroatoms. The minimum atomic E-state index is -0.456. The number of nitrogens with zero attached hydrogens (tertiary/aromatic N) is 1. The van der Waals surface area contributed by atoms with E-state index in [9.17, 15) is 14.0 Å². The summed E-state index contributed by atoms with van der Waals surface area (Å²) in [5.41, 5.74) is 5.62. The highest BCUT2D eigenvalue weighted by molar-refractivity contribution is 6.23. The number of benzene rings is 2. The zero-order chi connectivity index (χ0) is 21.9. The van der Waals surface area contributed by atoms with Gasteiger partial charge in [-0.15, -0.1) is 0 Å². The van der Waals surface area contributed by atoms with Crippen molar-refractivity contribution in [1.82, 2.24) is 4.90 Å². The quantitative estimate of drug-likeness (QED) is 0.628. The predicted octanol–water partition coefficient (Wildman–Crippen LogP) is 5.89.